The van der Waals surface area contributed by atoms with E-state index in [4.69, 9.17) is 5.11 Å². The second-order valence-corrected chi connectivity index (χ2v) is 4.28. The van der Waals surface area contributed by atoms with Crippen LogP contribution >= 0.6 is 0 Å². The van der Waals surface area contributed by atoms with Gasteiger partial charge in [0.25, 0.3) is 0 Å². The molecule has 0 unspecified atom stereocenters. The van der Waals surface area contributed by atoms with Gasteiger partial charge in [0, 0.05) is 5.56 Å². The fourth-order valence-corrected chi connectivity index (χ4v) is 2.11. The molecule has 0 spiro atoms. The van der Waals surface area contributed by atoms with E-state index in [-0.39, 0.29) is 5.56 Å². The minimum absolute atomic E-state index is 0.209. The van der Waals surface area contributed by atoms with E-state index in [1.54, 1.807) is 12.1 Å². The van der Waals surface area contributed by atoms with Crippen LogP contribution < -0.4 is 0 Å². The van der Waals surface area contributed by atoms with Crippen molar-refractivity contribution < 1.29 is 14.7 Å². The number of aromatic carboxylic acids is 1. The van der Waals surface area contributed by atoms with Crippen LogP contribution in [0.1, 0.15) is 31.8 Å². The van der Waals surface area contributed by atoms with Gasteiger partial charge < -0.3 is 5.11 Å². The number of carboxylic acid groups (broad SMARTS) is 1. The highest BCUT2D eigenvalue weighted by atomic mass is 16.4. The Labute approximate surface area is 111 Å². The highest BCUT2D eigenvalue weighted by Crippen LogP contribution is 2.17. The van der Waals surface area contributed by atoms with E-state index in [1.165, 1.54) is 6.07 Å². The third kappa shape index (κ3) is 3.07. The van der Waals surface area contributed by atoms with Gasteiger partial charge in [-0.05, 0) is 30.0 Å². The number of rotatable bonds is 5. The fourth-order valence-electron chi connectivity index (χ4n) is 2.11. The first-order chi connectivity index (χ1) is 9.22. The number of carbonyl (C=O) groups excluding carboxylic acids is 1. The summed E-state index contributed by atoms with van der Waals surface area (Å²) < 4.78 is 0. The van der Waals surface area contributed by atoms with Crippen LogP contribution in [0.25, 0.3) is 0 Å². The Morgan fingerprint density at radius 3 is 2.37 bits per heavy atom. The molecule has 3 heteroatoms. The molecule has 2 rings (SSSR count). The summed E-state index contributed by atoms with van der Waals surface area (Å²) in [5.74, 6) is -0.994. The largest absolute Gasteiger partial charge is 0.478 e. The summed E-state index contributed by atoms with van der Waals surface area (Å²) >= 11 is 0. The van der Waals surface area contributed by atoms with E-state index in [9.17, 15) is 9.59 Å². The zero-order chi connectivity index (χ0) is 13.7. The molecule has 0 saturated carbocycles. The van der Waals surface area contributed by atoms with Crippen molar-refractivity contribution in [2.24, 2.45) is 0 Å². The topological polar surface area (TPSA) is 54.4 Å². The van der Waals surface area contributed by atoms with Crippen LogP contribution in [-0.2, 0) is 12.8 Å². The Morgan fingerprint density at radius 1 is 1.00 bits per heavy atom. The van der Waals surface area contributed by atoms with Gasteiger partial charge in [-0.3, -0.25) is 4.79 Å². The fraction of sp³-hybridized carbons (Fsp3) is 0.125. The molecule has 0 aliphatic heterocycles. The second-order valence-electron chi connectivity index (χ2n) is 4.28. The summed E-state index contributed by atoms with van der Waals surface area (Å²) in [7, 11) is 0. The van der Waals surface area contributed by atoms with E-state index in [2.05, 4.69) is 0 Å². The number of aldehydes is 1. The van der Waals surface area contributed by atoms with E-state index < -0.39 is 5.97 Å². The van der Waals surface area contributed by atoms with E-state index in [0.29, 0.717) is 30.3 Å². The van der Waals surface area contributed by atoms with Crippen molar-refractivity contribution in [3.05, 3.63) is 70.8 Å². The lowest BCUT2D eigenvalue weighted by Crippen LogP contribution is -2.07. The van der Waals surface area contributed by atoms with Crippen LogP contribution in [0.4, 0.5) is 0 Å². The molecule has 2 aromatic rings. The second kappa shape index (κ2) is 5.96. The Hall–Kier alpha value is -2.42. The monoisotopic (exact) mass is 254 g/mol. The van der Waals surface area contributed by atoms with Gasteiger partial charge in [-0.2, -0.15) is 0 Å². The minimum Gasteiger partial charge on any atom is -0.478 e. The molecule has 3 nitrogen and oxygen atoms in total. The highest BCUT2D eigenvalue weighted by molar-refractivity contribution is 5.93. The van der Waals surface area contributed by atoms with Gasteiger partial charge in [-0.1, -0.05) is 42.5 Å². The van der Waals surface area contributed by atoms with Gasteiger partial charge in [0.15, 0.2) is 0 Å². The standard InChI is InChI=1S/C16H14O3/c17-11-13-7-4-8-15(16(18)19)14(13)10-9-12-5-2-1-3-6-12/h1-8,11H,9-10H2,(H,18,19). The summed E-state index contributed by atoms with van der Waals surface area (Å²) in [6.07, 6.45) is 1.97. The summed E-state index contributed by atoms with van der Waals surface area (Å²) in [4.78, 5) is 22.2. The van der Waals surface area contributed by atoms with E-state index >= 15 is 0 Å². The smallest absolute Gasteiger partial charge is 0.335 e. The lowest BCUT2D eigenvalue weighted by atomic mass is 9.95. The van der Waals surface area contributed by atoms with Crippen LogP contribution in [0.5, 0.6) is 0 Å². The minimum atomic E-state index is -0.994. The third-order valence-corrected chi connectivity index (χ3v) is 3.08. The van der Waals surface area contributed by atoms with Crippen molar-refractivity contribution in [2.45, 2.75) is 12.8 Å². The first kappa shape index (κ1) is 13.0. The molecule has 0 aliphatic rings. The van der Waals surface area contributed by atoms with Crippen molar-refractivity contribution in [3.8, 4) is 0 Å². The molecule has 2 aromatic carbocycles. The lowest BCUT2D eigenvalue weighted by Gasteiger charge is -2.09. The van der Waals surface area contributed by atoms with Gasteiger partial charge >= 0.3 is 5.97 Å². The molecule has 0 fully saturated rings. The van der Waals surface area contributed by atoms with Crippen LogP contribution in [0, 0.1) is 0 Å². The number of hydrogen-bond donors (Lipinski definition) is 1. The first-order valence-electron chi connectivity index (χ1n) is 6.06. The van der Waals surface area contributed by atoms with Gasteiger partial charge in [0.2, 0.25) is 0 Å². The number of hydrogen-bond acceptors (Lipinski definition) is 2. The molecule has 0 radical (unpaired) electrons. The number of benzene rings is 2. The highest BCUT2D eigenvalue weighted by Gasteiger charge is 2.13. The normalized spacial score (nSPS) is 10.1. The summed E-state index contributed by atoms with van der Waals surface area (Å²) in [5.41, 5.74) is 2.39. The molecule has 0 amide bonds. The molecule has 1 N–H and O–H groups in total. The maximum Gasteiger partial charge on any atom is 0.335 e. The van der Waals surface area contributed by atoms with Crippen molar-refractivity contribution >= 4 is 12.3 Å². The SMILES string of the molecule is O=Cc1cccc(C(=O)O)c1CCc1ccccc1. The van der Waals surface area contributed by atoms with Crippen molar-refractivity contribution in [1.29, 1.82) is 0 Å². The van der Waals surface area contributed by atoms with Crippen molar-refractivity contribution in [1.82, 2.24) is 0 Å². The predicted octanol–water partition coefficient (Wildman–Crippen LogP) is 2.98. The van der Waals surface area contributed by atoms with Crippen molar-refractivity contribution in [2.75, 3.05) is 0 Å². The van der Waals surface area contributed by atoms with E-state index in [1.807, 2.05) is 30.3 Å². The molecular formula is C16H14O3. The molecule has 0 saturated heterocycles. The first-order valence-corrected chi connectivity index (χ1v) is 6.06. The van der Waals surface area contributed by atoms with Crippen molar-refractivity contribution in [3.63, 3.8) is 0 Å². The quantitative estimate of drug-likeness (QED) is 0.834. The Kier molecular flexibility index (Phi) is 4.08. The van der Waals surface area contributed by atoms with Gasteiger partial charge in [0.05, 0.1) is 5.56 Å². The van der Waals surface area contributed by atoms with Crippen LogP contribution in [-0.4, -0.2) is 17.4 Å². The lowest BCUT2D eigenvalue weighted by molar-refractivity contribution is 0.0695. The molecule has 0 bridgehead atoms. The van der Waals surface area contributed by atoms with Crippen LogP contribution in [0.2, 0.25) is 0 Å². The van der Waals surface area contributed by atoms with Gasteiger partial charge in [0.1, 0.15) is 6.29 Å². The Morgan fingerprint density at radius 2 is 1.74 bits per heavy atom. The van der Waals surface area contributed by atoms with Crippen LogP contribution in [0.15, 0.2) is 48.5 Å². The maximum absolute atomic E-state index is 11.2. The zero-order valence-electron chi connectivity index (χ0n) is 10.4. The predicted molar refractivity (Wildman–Crippen MR) is 72.6 cm³/mol. The average molecular weight is 254 g/mol. The molecular weight excluding hydrogens is 240 g/mol. The molecule has 0 aromatic heterocycles. The van der Waals surface area contributed by atoms with Gasteiger partial charge in [-0.25, -0.2) is 4.79 Å². The molecule has 96 valence electrons. The zero-order valence-corrected chi connectivity index (χ0v) is 10.4. The maximum atomic E-state index is 11.2. The summed E-state index contributed by atoms with van der Waals surface area (Å²) in [5, 5.41) is 9.17. The van der Waals surface area contributed by atoms with Crippen LogP contribution in [0.3, 0.4) is 0 Å². The molecule has 0 aliphatic carbocycles. The Balaban J connectivity index is 2.28. The van der Waals surface area contributed by atoms with E-state index in [0.717, 1.165) is 5.56 Å². The summed E-state index contributed by atoms with van der Waals surface area (Å²) in [6.45, 7) is 0. The number of carbonyl (C=O) groups is 2. The average Bonchev–Trinajstić information content (AvgIpc) is 2.45. The molecule has 0 atom stereocenters. The summed E-state index contributed by atoms with van der Waals surface area (Å²) in [6, 6.07) is 14.6. The third-order valence-electron chi connectivity index (χ3n) is 3.08. The van der Waals surface area contributed by atoms with Gasteiger partial charge in [-0.15, -0.1) is 0 Å². The molecule has 19 heavy (non-hydrogen) atoms. The molecule has 0 heterocycles. The Bertz CT molecular complexity index is 588. The number of aryl methyl sites for hydroxylation is 1. The number of carboxylic acids is 1.